The smallest absolute Gasteiger partial charge is 0.255 e. The van der Waals surface area contributed by atoms with Crippen LogP contribution in [0.4, 0.5) is 10.8 Å². The van der Waals surface area contributed by atoms with Crippen LogP contribution < -0.4 is 10.6 Å². The quantitative estimate of drug-likeness (QED) is 0.167. The van der Waals surface area contributed by atoms with Crippen molar-refractivity contribution in [3.8, 4) is 0 Å². The average molecular weight is 501 g/mol. The van der Waals surface area contributed by atoms with E-state index in [2.05, 4.69) is 26.9 Å². The summed E-state index contributed by atoms with van der Waals surface area (Å²) in [5.41, 5.74) is 5.62. The van der Waals surface area contributed by atoms with Gasteiger partial charge in [0.15, 0.2) is 4.34 Å². The van der Waals surface area contributed by atoms with Crippen molar-refractivity contribution in [3.05, 3.63) is 107 Å². The first kappa shape index (κ1) is 24.4. The Morgan fingerprint density at radius 2 is 1.63 bits per heavy atom. The van der Waals surface area contributed by atoms with Crippen molar-refractivity contribution in [2.24, 2.45) is 0 Å². The molecule has 8 heteroatoms. The van der Waals surface area contributed by atoms with Gasteiger partial charge in [0.05, 0.1) is 0 Å². The summed E-state index contributed by atoms with van der Waals surface area (Å²) in [5.74, 6) is 0.284. The highest BCUT2D eigenvalue weighted by Gasteiger charge is 2.09. The summed E-state index contributed by atoms with van der Waals surface area (Å²) in [5, 5.41) is 14.3. The Kier molecular flexibility index (Phi) is 8.07. The predicted octanol–water partition coefficient (Wildman–Crippen LogP) is 6.35. The van der Waals surface area contributed by atoms with Crippen LogP contribution in [0.15, 0.2) is 83.2 Å². The van der Waals surface area contributed by atoms with Gasteiger partial charge in [-0.25, -0.2) is 0 Å². The zero-order valence-corrected chi connectivity index (χ0v) is 21.0. The van der Waals surface area contributed by atoms with Gasteiger partial charge in [-0.15, -0.1) is 10.2 Å². The van der Waals surface area contributed by atoms with E-state index in [-0.39, 0.29) is 11.8 Å². The van der Waals surface area contributed by atoms with Crippen LogP contribution in [0.5, 0.6) is 0 Å². The lowest BCUT2D eigenvalue weighted by Gasteiger charge is -2.08. The molecule has 0 atom stereocenters. The lowest BCUT2D eigenvalue weighted by molar-refractivity contribution is -0.111. The largest absolute Gasteiger partial charge is 0.322 e. The Bertz CT molecular complexity index is 1330. The van der Waals surface area contributed by atoms with Gasteiger partial charge < -0.3 is 5.32 Å². The first-order chi connectivity index (χ1) is 16.9. The van der Waals surface area contributed by atoms with Gasteiger partial charge in [0, 0.05) is 23.1 Å². The molecule has 0 saturated carbocycles. The van der Waals surface area contributed by atoms with Crippen LogP contribution in [0.1, 0.15) is 32.6 Å². The molecule has 3 aromatic carbocycles. The highest BCUT2D eigenvalue weighted by molar-refractivity contribution is 8.00. The van der Waals surface area contributed by atoms with Crippen molar-refractivity contribution in [2.45, 2.75) is 23.9 Å². The molecule has 0 saturated heterocycles. The Balaban J connectivity index is 1.27. The Morgan fingerprint density at radius 1 is 0.914 bits per heavy atom. The molecule has 4 rings (SSSR count). The number of amides is 2. The van der Waals surface area contributed by atoms with E-state index in [1.807, 2.05) is 80.6 Å². The summed E-state index contributed by atoms with van der Waals surface area (Å²) in [6.07, 6.45) is 3.22. The molecule has 0 spiro atoms. The van der Waals surface area contributed by atoms with Crippen LogP contribution >= 0.6 is 23.1 Å². The number of nitrogens with one attached hydrogen (secondary N) is 2. The van der Waals surface area contributed by atoms with Crippen molar-refractivity contribution < 1.29 is 9.59 Å². The Hall–Kier alpha value is -3.75. The molecule has 0 bridgehead atoms. The van der Waals surface area contributed by atoms with Crippen molar-refractivity contribution in [1.82, 2.24) is 10.2 Å². The summed E-state index contributed by atoms with van der Waals surface area (Å²) < 4.78 is 0.754. The summed E-state index contributed by atoms with van der Waals surface area (Å²) in [6, 6.07) is 23.1. The van der Waals surface area contributed by atoms with Gasteiger partial charge in [0.1, 0.15) is 0 Å². The monoisotopic (exact) mass is 500 g/mol. The van der Waals surface area contributed by atoms with Gasteiger partial charge >= 0.3 is 0 Å². The number of thioether (sulfide) groups is 1. The minimum Gasteiger partial charge on any atom is -0.322 e. The highest BCUT2D eigenvalue weighted by Crippen LogP contribution is 2.28. The minimum atomic E-state index is -0.253. The Labute approximate surface area is 212 Å². The minimum absolute atomic E-state index is 0.139. The second kappa shape index (κ2) is 11.6. The van der Waals surface area contributed by atoms with Gasteiger partial charge in [-0.1, -0.05) is 71.6 Å². The fourth-order valence-electron chi connectivity index (χ4n) is 3.35. The molecule has 1 aromatic heterocycles. The van der Waals surface area contributed by atoms with E-state index in [0.29, 0.717) is 16.4 Å². The summed E-state index contributed by atoms with van der Waals surface area (Å²) in [4.78, 5) is 24.7. The van der Waals surface area contributed by atoms with E-state index in [1.54, 1.807) is 6.08 Å². The number of rotatable bonds is 8. The zero-order valence-electron chi connectivity index (χ0n) is 19.3. The van der Waals surface area contributed by atoms with Crippen LogP contribution in [-0.4, -0.2) is 22.0 Å². The Morgan fingerprint density at radius 3 is 2.34 bits per heavy atom. The van der Waals surface area contributed by atoms with Crippen molar-refractivity contribution in [1.29, 1.82) is 0 Å². The molecule has 0 unspecified atom stereocenters. The molecule has 0 fully saturated rings. The topological polar surface area (TPSA) is 84.0 Å². The summed E-state index contributed by atoms with van der Waals surface area (Å²) in [6.45, 7) is 4.01. The second-order valence-corrected chi connectivity index (χ2v) is 10.1. The van der Waals surface area contributed by atoms with Crippen LogP contribution in [0.3, 0.4) is 0 Å². The molecule has 0 aliphatic carbocycles. The van der Waals surface area contributed by atoms with E-state index < -0.39 is 0 Å². The first-order valence-electron chi connectivity index (χ1n) is 10.9. The van der Waals surface area contributed by atoms with E-state index in [0.717, 1.165) is 32.3 Å². The predicted molar refractivity (Wildman–Crippen MR) is 144 cm³/mol. The lowest BCUT2D eigenvalue weighted by Crippen LogP contribution is -2.12. The number of aryl methyl sites for hydroxylation is 2. The standard InChI is InChI=1S/C27H24N4O2S2/c1-18-14-19(2)16-23(15-18)28-25(33)22-11-8-21(9-12-22)17-34-27-31-30-26(35-27)29-24(32)13-10-20-6-4-3-5-7-20/h3-16H,17H2,1-2H3,(H,28,33)(H,29,30,32). The molecule has 4 aromatic rings. The normalized spacial score (nSPS) is 10.9. The van der Waals surface area contributed by atoms with Crippen LogP contribution in [-0.2, 0) is 10.5 Å². The molecule has 0 aliphatic rings. The van der Waals surface area contributed by atoms with Crippen molar-refractivity contribution >= 4 is 51.8 Å². The van der Waals surface area contributed by atoms with Crippen LogP contribution in [0.25, 0.3) is 6.08 Å². The molecule has 6 nitrogen and oxygen atoms in total. The number of benzene rings is 3. The van der Waals surface area contributed by atoms with Crippen molar-refractivity contribution in [3.63, 3.8) is 0 Å². The SMILES string of the molecule is Cc1cc(C)cc(NC(=O)c2ccc(CSc3nnc(NC(=O)C=Cc4ccccc4)s3)cc2)c1. The number of nitrogens with zero attached hydrogens (tertiary/aromatic N) is 2. The van der Waals surface area contributed by atoms with Gasteiger partial charge in [0.2, 0.25) is 11.0 Å². The van der Waals surface area contributed by atoms with Gasteiger partial charge in [-0.3, -0.25) is 14.9 Å². The lowest BCUT2D eigenvalue weighted by atomic mass is 10.1. The van der Waals surface area contributed by atoms with Crippen LogP contribution in [0.2, 0.25) is 0 Å². The fourth-order valence-corrected chi connectivity index (χ4v) is 5.06. The number of carbonyl (C=O) groups excluding carboxylic acids is 2. The average Bonchev–Trinajstić information content (AvgIpc) is 3.29. The maximum absolute atomic E-state index is 12.6. The van der Waals surface area contributed by atoms with Crippen LogP contribution in [0, 0.1) is 13.8 Å². The number of aromatic nitrogens is 2. The van der Waals surface area contributed by atoms with E-state index in [1.165, 1.54) is 29.2 Å². The van der Waals surface area contributed by atoms with E-state index in [4.69, 9.17) is 0 Å². The number of anilines is 2. The van der Waals surface area contributed by atoms with Gasteiger partial charge in [0.25, 0.3) is 5.91 Å². The molecule has 0 radical (unpaired) electrons. The summed E-state index contributed by atoms with van der Waals surface area (Å²) >= 11 is 2.85. The number of hydrogen-bond acceptors (Lipinski definition) is 6. The summed E-state index contributed by atoms with van der Waals surface area (Å²) in [7, 11) is 0. The fraction of sp³-hybridized carbons (Fsp3) is 0.111. The molecule has 1 heterocycles. The second-order valence-electron chi connectivity index (χ2n) is 7.92. The van der Waals surface area contributed by atoms with Crippen molar-refractivity contribution in [2.75, 3.05) is 10.6 Å². The van der Waals surface area contributed by atoms with Gasteiger partial charge in [-0.2, -0.15) is 0 Å². The van der Waals surface area contributed by atoms with Gasteiger partial charge in [-0.05, 0) is 66.4 Å². The first-order valence-corrected chi connectivity index (χ1v) is 12.7. The molecular weight excluding hydrogens is 476 g/mol. The molecule has 2 amide bonds. The van der Waals surface area contributed by atoms with E-state index >= 15 is 0 Å². The third-order valence-corrected chi connectivity index (χ3v) is 6.96. The maximum atomic E-state index is 12.6. The third kappa shape index (κ3) is 7.37. The molecular formula is C27H24N4O2S2. The number of hydrogen-bond donors (Lipinski definition) is 2. The van der Waals surface area contributed by atoms with E-state index in [9.17, 15) is 9.59 Å². The molecule has 0 aliphatic heterocycles. The zero-order chi connectivity index (χ0) is 24.6. The highest BCUT2D eigenvalue weighted by atomic mass is 32.2. The maximum Gasteiger partial charge on any atom is 0.255 e. The molecule has 2 N–H and O–H groups in total. The third-order valence-electron chi connectivity index (χ3n) is 4.92. The molecule has 35 heavy (non-hydrogen) atoms. The number of carbonyl (C=O) groups is 2. The molecule has 176 valence electrons.